The summed E-state index contributed by atoms with van der Waals surface area (Å²) in [6.45, 7) is 2.49. The van der Waals surface area contributed by atoms with Gasteiger partial charge in [-0.25, -0.2) is 0 Å². The maximum atomic E-state index is 10.2. The minimum absolute atomic E-state index is 0.148. The van der Waals surface area contributed by atoms with Gasteiger partial charge in [0, 0.05) is 5.92 Å². The van der Waals surface area contributed by atoms with Gasteiger partial charge in [0.15, 0.2) is 6.29 Å². The van der Waals surface area contributed by atoms with E-state index in [0.717, 1.165) is 6.42 Å². The molecule has 3 nitrogen and oxygen atoms in total. The van der Waals surface area contributed by atoms with Crippen molar-refractivity contribution in [2.75, 3.05) is 6.61 Å². The molecule has 1 aliphatic heterocycles. The molecule has 0 bridgehead atoms. The van der Waals surface area contributed by atoms with E-state index in [9.17, 15) is 9.90 Å². The Kier molecular flexibility index (Phi) is 2.40. The number of aldehydes is 1. The number of aliphatic hydroxyl groups is 1. The molecule has 0 aliphatic carbocycles. The van der Waals surface area contributed by atoms with E-state index < -0.39 is 12.2 Å². The number of hydrogen-bond donors (Lipinski definition) is 1. The van der Waals surface area contributed by atoms with Crippen molar-refractivity contribution >= 4 is 6.29 Å². The zero-order chi connectivity index (χ0) is 7.56. The second-order valence-electron chi connectivity index (χ2n) is 2.59. The molecule has 1 saturated heterocycles. The van der Waals surface area contributed by atoms with Crippen LogP contribution >= 0.6 is 0 Å². The van der Waals surface area contributed by atoms with E-state index in [0.29, 0.717) is 12.9 Å². The summed E-state index contributed by atoms with van der Waals surface area (Å²) < 4.78 is 5.00. The van der Waals surface area contributed by atoms with Crippen LogP contribution < -0.4 is 0 Å². The molecule has 0 aromatic rings. The van der Waals surface area contributed by atoms with Crippen LogP contribution in [0.4, 0.5) is 0 Å². The maximum absolute atomic E-state index is 10.2. The van der Waals surface area contributed by atoms with E-state index >= 15 is 0 Å². The summed E-state index contributed by atoms with van der Waals surface area (Å²) in [6, 6.07) is 0. The fourth-order valence-electron chi connectivity index (χ4n) is 1.18. The molecule has 1 aliphatic rings. The zero-order valence-electron chi connectivity index (χ0n) is 5.99. The fraction of sp³-hybridized carbons (Fsp3) is 0.857. The van der Waals surface area contributed by atoms with Crippen molar-refractivity contribution in [3.63, 3.8) is 0 Å². The summed E-state index contributed by atoms with van der Waals surface area (Å²) in [7, 11) is 0. The summed E-state index contributed by atoms with van der Waals surface area (Å²) >= 11 is 0. The Morgan fingerprint density at radius 3 is 2.80 bits per heavy atom. The quantitative estimate of drug-likeness (QED) is 0.554. The van der Waals surface area contributed by atoms with Crippen LogP contribution in [0, 0.1) is 5.92 Å². The Hall–Kier alpha value is -0.410. The molecular weight excluding hydrogens is 132 g/mol. The maximum Gasteiger partial charge on any atom is 0.151 e. The van der Waals surface area contributed by atoms with Gasteiger partial charge in [0.05, 0.1) is 12.7 Å². The molecular formula is C7H12O3. The van der Waals surface area contributed by atoms with Gasteiger partial charge in [-0.15, -0.1) is 0 Å². The first-order chi connectivity index (χ1) is 4.79. The van der Waals surface area contributed by atoms with Crippen LogP contribution in [0.5, 0.6) is 0 Å². The van der Waals surface area contributed by atoms with Gasteiger partial charge in [0.1, 0.15) is 6.10 Å². The van der Waals surface area contributed by atoms with Crippen LogP contribution in [0.3, 0.4) is 0 Å². The van der Waals surface area contributed by atoms with Crippen LogP contribution in [-0.4, -0.2) is 30.2 Å². The Bertz CT molecular complexity index is 124. The van der Waals surface area contributed by atoms with Crippen molar-refractivity contribution in [2.24, 2.45) is 5.92 Å². The predicted molar refractivity (Wildman–Crippen MR) is 35.6 cm³/mol. The molecule has 0 aromatic heterocycles. The van der Waals surface area contributed by atoms with Crippen molar-refractivity contribution in [1.82, 2.24) is 0 Å². The highest BCUT2D eigenvalue weighted by atomic mass is 16.5. The first kappa shape index (κ1) is 7.69. The second kappa shape index (κ2) is 3.12. The highest BCUT2D eigenvalue weighted by Gasteiger charge is 2.33. The van der Waals surface area contributed by atoms with Crippen molar-refractivity contribution in [1.29, 1.82) is 0 Å². The fourth-order valence-corrected chi connectivity index (χ4v) is 1.18. The van der Waals surface area contributed by atoms with Crippen LogP contribution in [-0.2, 0) is 9.53 Å². The topological polar surface area (TPSA) is 46.5 Å². The second-order valence-corrected chi connectivity index (χ2v) is 2.59. The highest BCUT2D eigenvalue weighted by molar-refractivity contribution is 5.57. The minimum atomic E-state index is -0.581. The predicted octanol–water partition coefficient (Wildman–Crippen LogP) is -0.0288. The van der Waals surface area contributed by atoms with E-state index in [2.05, 4.69) is 0 Å². The van der Waals surface area contributed by atoms with Gasteiger partial charge < -0.3 is 14.6 Å². The molecule has 58 valence electrons. The van der Waals surface area contributed by atoms with Gasteiger partial charge in [-0.2, -0.15) is 0 Å². The average Bonchev–Trinajstić information content (AvgIpc) is 2.30. The van der Waals surface area contributed by atoms with Gasteiger partial charge in [-0.3, -0.25) is 0 Å². The summed E-state index contributed by atoms with van der Waals surface area (Å²) in [5.41, 5.74) is 0. The third kappa shape index (κ3) is 1.20. The molecule has 0 saturated carbocycles. The number of aliphatic hydroxyl groups excluding tert-OH is 1. The molecule has 1 rings (SSSR count). The first-order valence-electron chi connectivity index (χ1n) is 3.54. The van der Waals surface area contributed by atoms with Crippen molar-refractivity contribution in [3.8, 4) is 0 Å². The third-order valence-electron chi connectivity index (χ3n) is 1.98. The molecule has 10 heavy (non-hydrogen) atoms. The molecule has 0 amide bonds. The van der Waals surface area contributed by atoms with Gasteiger partial charge in [0.2, 0.25) is 0 Å². The molecule has 0 unspecified atom stereocenters. The summed E-state index contributed by atoms with van der Waals surface area (Å²) in [4.78, 5) is 10.2. The van der Waals surface area contributed by atoms with Crippen LogP contribution in [0.1, 0.15) is 13.3 Å². The summed E-state index contributed by atoms with van der Waals surface area (Å²) in [6.07, 6.45) is 0.374. The van der Waals surface area contributed by atoms with Crippen LogP contribution in [0.15, 0.2) is 0 Å². The van der Waals surface area contributed by atoms with Crippen molar-refractivity contribution < 1.29 is 14.6 Å². The van der Waals surface area contributed by atoms with Crippen molar-refractivity contribution in [2.45, 2.75) is 25.6 Å². The van der Waals surface area contributed by atoms with E-state index in [1.165, 1.54) is 0 Å². The molecule has 1 N–H and O–H groups in total. The Morgan fingerprint density at radius 2 is 2.50 bits per heavy atom. The van der Waals surface area contributed by atoms with Crippen LogP contribution in [0.2, 0.25) is 0 Å². The standard InChI is InChI=1S/C7H12O3/c1-2-5-4-10-6(3-8)7(5)9/h3,5-7,9H,2,4H2,1H3/t5-,6+,7+/m0/s1. The minimum Gasteiger partial charge on any atom is -0.390 e. The van der Waals surface area contributed by atoms with E-state index in [-0.39, 0.29) is 5.92 Å². The van der Waals surface area contributed by atoms with Crippen LogP contribution in [0.25, 0.3) is 0 Å². The van der Waals surface area contributed by atoms with E-state index in [4.69, 9.17) is 4.74 Å². The SMILES string of the molecule is CC[C@H]1CO[C@H](C=O)[C@@H]1O. The monoisotopic (exact) mass is 144 g/mol. The number of ether oxygens (including phenoxy) is 1. The molecule has 0 radical (unpaired) electrons. The van der Waals surface area contributed by atoms with Crippen molar-refractivity contribution in [3.05, 3.63) is 0 Å². The number of carbonyl (C=O) groups excluding carboxylic acids is 1. The molecule has 0 aromatic carbocycles. The molecule has 3 heteroatoms. The normalized spacial score (nSPS) is 40.0. The lowest BCUT2D eigenvalue weighted by molar-refractivity contribution is -0.118. The van der Waals surface area contributed by atoms with E-state index in [1.807, 2.05) is 6.92 Å². The molecule has 3 atom stereocenters. The first-order valence-corrected chi connectivity index (χ1v) is 3.54. The number of carbonyl (C=O) groups is 1. The smallest absolute Gasteiger partial charge is 0.151 e. The summed E-state index contributed by atoms with van der Waals surface area (Å²) in [5.74, 6) is 0.148. The highest BCUT2D eigenvalue weighted by Crippen LogP contribution is 2.21. The summed E-state index contributed by atoms with van der Waals surface area (Å²) in [5, 5.41) is 9.29. The van der Waals surface area contributed by atoms with E-state index in [1.54, 1.807) is 0 Å². The zero-order valence-corrected chi connectivity index (χ0v) is 5.99. The molecule has 0 spiro atoms. The number of rotatable bonds is 2. The molecule has 1 fully saturated rings. The lowest BCUT2D eigenvalue weighted by atomic mass is 10.0. The Morgan fingerprint density at radius 1 is 1.80 bits per heavy atom. The third-order valence-corrected chi connectivity index (χ3v) is 1.98. The Balaban J connectivity index is 2.48. The average molecular weight is 144 g/mol. The van der Waals surface area contributed by atoms with Gasteiger partial charge >= 0.3 is 0 Å². The lowest BCUT2D eigenvalue weighted by Gasteiger charge is -2.10. The molecule has 1 heterocycles. The van der Waals surface area contributed by atoms with Gasteiger partial charge in [0.25, 0.3) is 0 Å². The lowest BCUT2D eigenvalue weighted by Crippen LogP contribution is -2.26. The van der Waals surface area contributed by atoms with Gasteiger partial charge in [-0.05, 0) is 6.42 Å². The largest absolute Gasteiger partial charge is 0.390 e. The Labute approximate surface area is 60.0 Å². The van der Waals surface area contributed by atoms with Gasteiger partial charge in [-0.1, -0.05) is 6.92 Å². The number of hydrogen-bond acceptors (Lipinski definition) is 3.